The van der Waals surface area contributed by atoms with Gasteiger partial charge in [-0.2, -0.15) is 0 Å². The highest BCUT2D eigenvalue weighted by molar-refractivity contribution is 5.90. The van der Waals surface area contributed by atoms with Gasteiger partial charge in [-0.25, -0.2) is 4.98 Å². The molecule has 2 rings (SSSR count). The second-order valence-corrected chi connectivity index (χ2v) is 2.99. The molecule has 14 heavy (non-hydrogen) atoms. The summed E-state index contributed by atoms with van der Waals surface area (Å²) in [7, 11) is 0. The highest BCUT2D eigenvalue weighted by atomic mass is 16.5. The van der Waals surface area contributed by atoms with Crippen molar-refractivity contribution in [1.29, 1.82) is 0 Å². The fraction of sp³-hybridized carbons (Fsp3) is 0.182. The zero-order valence-corrected chi connectivity index (χ0v) is 8.03. The Morgan fingerprint density at radius 3 is 2.93 bits per heavy atom. The van der Waals surface area contributed by atoms with Crippen molar-refractivity contribution < 1.29 is 4.74 Å². The second-order valence-electron chi connectivity index (χ2n) is 2.99. The van der Waals surface area contributed by atoms with Gasteiger partial charge in [-0.15, -0.1) is 0 Å². The molecule has 3 heteroatoms. The van der Waals surface area contributed by atoms with Gasteiger partial charge in [0.1, 0.15) is 0 Å². The molecule has 0 aliphatic carbocycles. The fourth-order valence-corrected chi connectivity index (χ4v) is 1.45. The summed E-state index contributed by atoms with van der Waals surface area (Å²) in [6, 6.07) is 7.91. The number of nitrogens with zero attached hydrogens (tertiary/aromatic N) is 1. The predicted molar refractivity (Wildman–Crippen MR) is 57.3 cm³/mol. The van der Waals surface area contributed by atoms with Gasteiger partial charge in [0.15, 0.2) is 11.6 Å². The van der Waals surface area contributed by atoms with E-state index in [0.717, 1.165) is 10.8 Å². The van der Waals surface area contributed by atoms with Crippen LogP contribution in [0.1, 0.15) is 6.92 Å². The molecule has 0 bridgehead atoms. The first kappa shape index (κ1) is 8.81. The molecule has 0 unspecified atom stereocenters. The lowest BCUT2D eigenvalue weighted by atomic mass is 10.1. The molecule has 2 aromatic rings. The SMILES string of the molecule is CCOc1c(N)ncc2ccccc12. The van der Waals surface area contributed by atoms with Gasteiger partial charge in [-0.3, -0.25) is 0 Å². The van der Waals surface area contributed by atoms with Crippen LogP contribution in [-0.2, 0) is 0 Å². The van der Waals surface area contributed by atoms with E-state index in [2.05, 4.69) is 4.98 Å². The van der Waals surface area contributed by atoms with Crippen molar-refractivity contribution in [3.63, 3.8) is 0 Å². The monoisotopic (exact) mass is 188 g/mol. The number of ether oxygens (including phenoxy) is 1. The van der Waals surface area contributed by atoms with Gasteiger partial charge in [-0.1, -0.05) is 24.3 Å². The van der Waals surface area contributed by atoms with Gasteiger partial charge in [0.25, 0.3) is 0 Å². The Bertz CT molecular complexity index is 454. The van der Waals surface area contributed by atoms with Crippen LogP contribution in [0.15, 0.2) is 30.5 Å². The standard InChI is InChI=1S/C11H12N2O/c1-2-14-10-9-6-4-3-5-8(9)7-13-11(10)12/h3-7H,2H2,1H3,(H2,12,13). The Kier molecular flexibility index (Phi) is 2.23. The molecule has 1 aromatic heterocycles. The first-order valence-corrected chi connectivity index (χ1v) is 4.59. The van der Waals surface area contributed by atoms with Gasteiger partial charge < -0.3 is 10.5 Å². The van der Waals surface area contributed by atoms with Crippen LogP contribution in [0.4, 0.5) is 5.82 Å². The predicted octanol–water partition coefficient (Wildman–Crippen LogP) is 2.22. The van der Waals surface area contributed by atoms with Gasteiger partial charge in [-0.05, 0) is 6.92 Å². The molecule has 72 valence electrons. The lowest BCUT2D eigenvalue weighted by Gasteiger charge is -2.08. The molecule has 1 heterocycles. The number of aromatic nitrogens is 1. The molecule has 0 aliphatic heterocycles. The number of anilines is 1. The number of pyridine rings is 1. The average Bonchev–Trinajstić information content (AvgIpc) is 2.23. The van der Waals surface area contributed by atoms with E-state index >= 15 is 0 Å². The van der Waals surface area contributed by atoms with Crippen LogP contribution >= 0.6 is 0 Å². The summed E-state index contributed by atoms with van der Waals surface area (Å²) >= 11 is 0. The van der Waals surface area contributed by atoms with Gasteiger partial charge >= 0.3 is 0 Å². The number of benzene rings is 1. The smallest absolute Gasteiger partial charge is 0.169 e. The maximum Gasteiger partial charge on any atom is 0.169 e. The van der Waals surface area contributed by atoms with Crippen LogP contribution in [0, 0.1) is 0 Å². The van der Waals surface area contributed by atoms with Crippen LogP contribution < -0.4 is 10.5 Å². The topological polar surface area (TPSA) is 48.1 Å². The lowest BCUT2D eigenvalue weighted by molar-refractivity contribution is 0.345. The Labute approximate surface area is 82.5 Å². The highest BCUT2D eigenvalue weighted by Gasteiger charge is 2.06. The summed E-state index contributed by atoms with van der Waals surface area (Å²) in [5.74, 6) is 1.14. The van der Waals surface area contributed by atoms with Crippen LogP contribution in [0.3, 0.4) is 0 Å². The van der Waals surface area contributed by atoms with E-state index in [0.29, 0.717) is 18.2 Å². The van der Waals surface area contributed by atoms with E-state index in [1.807, 2.05) is 31.2 Å². The third-order valence-corrected chi connectivity index (χ3v) is 2.07. The first-order valence-electron chi connectivity index (χ1n) is 4.59. The minimum absolute atomic E-state index is 0.450. The van der Waals surface area contributed by atoms with Crippen molar-refractivity contribution in [2.24, 2.45) is 0 Å². The van der Waals surface area contributed by atoms with E-state index in [1.54, 1.807) is 6.20 Å². The Balaban J connectivity index is 2.69. The van der Waals surface area contributed by atoms with Crippen LogP contribution in [0.5, 0.6) is 5.75 Å². The number of nitrogens with two attached hydrogens (primary N) is 1. The minimum atomic E-state index is 0.450. The average molecular weight is 188 g/mol. The van der Waals surface area contributed by atoms with E-state index in [-0.39, 0.29) is 0 Å². The van der Waals surface area contributed by atoms with Crippen LogP contribution in [0.2, 0.25) is 0 Å². The lowest BCUT2D eigenvalue weighted by Crippen LogP contribution is -1.99. The Morgan fingerprint density at radius 2 is 2.14 bits per heavy atom. The number of nitrogen functional groups attached to an aromatic ring is 1. The molecule has 0 spiro atoms. The molecule has 1 aromatic carbocycles. The molecule has 0 atom stereocenters. The zero-order chi connectivity index (χ0) is 9.97. The third kappa shape index (κ3) is 1.37. The Morgan fingerprint density at radius 1 is 1.36 bits per heavy atom. The van der Waals surface area contributed by atoms with E-state index in [1.165, 1.54) is 0 Å². The normalized spacial score (nSPS) is 10.4. The quantitative estimate of drug-likeness (QED) is 0.786. The molecule has 3 nitrogen and oxygen atoms in total. The zero-order valence-electron chi connectivity index (χ0n) is 8.03. The van der Waals surface area contributed by atoms with E-state index in [9.17, 15) is 0 Å². The Hall–Kier alpha value is -1.77. The van der Waals surface area contributed by atoms with Crippen molar-refractivity contribution >= 4 is 16.6 Å². The third-order valence-electron chi connectivity index (χ3n) is 2.07. The number of rotatable bonds is 2. The van der Waals surface area contributed by atoms with Crippen molar-refractivity contribution in [3.8, 4) is 5.75 Å². The van der Waals surface area contributed by atoms with Crippen molar-refractivity contribution in [2.75, 3.05) is 12.3 Å². The van der Waals surface area contributed by atoms with Gasteiger partial charge in [0.05, 0.1) is 6.61 Å². The van der Waals surface area contributed by atoms with Gasteiger partial charge in [0.2, 0.25) is 0 Å². The summed E-state index contributed by atoms with van der Waals surface area (Å²) in [6.45, 7) is 2.53. The molecule has 0 amide bonds. The summed E-state index contributed by atoms with van der Waals surface area (Å²) in [5, 5.41) is 2.06. The number of hydrogen-bond acceptors (Lipinski definition) is 3. The maximum absolute atomic E-state index is 5.74. The van der Waals surface area contributed by atoms with Crippen molar-refractivity contribution in [1.82, 2.24) is 4.98 Å². The molecular weight excluding hydrogens is 176 g/mol. The summed E-state index contributed by atoms with van der Waals surface area (Å²) < 4.78 is 5.46. The molecule has 0 fully saturated rings. The number of fused-ring (bicyclic) bond motifs is 1. The highest BCUT2D eigenvalue weighted by Crippen LogP contribution is 2.29. The largest absolute Gasteiger partial charge is 0.489 e. The molecular formula is C11H12N2O. The van der Waals surface area contributed by atoms with E-state index < -0.39 is 0 Å². The molecule has 0 saturated carbocycles. The van der Waals surface area contributed by atoms with Crippen molar-refractivity contribution in [3.05, 3.63) is 30.5 Å². The maximum atomic E-state index is 5.74. The molecule has 0 saturated heterocycles. The molecule has 0 radical (unpaired) electrons. The van der Waals surface area contributed by atoms with Gasteiger partial charge in [0, 0.05) is 17.0 Å². The first-order chi connectivity index (χ1) is 6.83. The summed E-state index contributed by atoms with van der Waals surface area (Å²) in [4.78, 5) is 4.08. The van der Waals surface area contributed by atoms with Crippen LogP contribution in [-0.4, -0.2) is 11.6 Å². The summed E-state index contributed by atoms with van der Waals surface area (Å²) in [5.41, 5.74) is 5.74. The fourth-order valence-electron chi connectivity index (χ4n) is 1.45. The molecule has 0 aliphatic rings. The van der Waals surface area contributed by atoms with Crippen LogP contribution in [0.25, 0.3) is 10.8 Å². The summed E-state index contributed by atoms with van der Waals surface area (Å²) in [6.07, 6.45) is 1.76. The number of hydrogen-bond donors (Lipinski definition) is 1. The molecule has 2 N–H and O–H groups in total. The van der Waals surface area contributed by atoms with Crippen molar-refractivity contribution in [2.45, 2.75) is 6.92 Å². The second kappa shape index (κ2) is 3.54. The van der Waals surface area contributed by atoms with E-state index in [4.69, 9.17) is 10.5 Å². The minimum Gasteiger partial charge on any atom is -0.489 e.